The van der Waals surface area contributed by atoms with Crippen LogP contribution in [0.25, 0.3) is 0 Å². The molecule has 4 nitrogen and oxygen atoms in total. The molecule has 1 saturated heterocycles. The lowest BCUT2D eigenvalue weighted by Gasteiger charge is -2.37. The molecule has 1 aliphatic heterocycles. The molecule has 0 aromatic heterocycles. The molecule has 1 aliphatic rings. The van der Waals surface area contributed by atoms with Crippen molar-refractivity contribution in [3.05, 3.63) is 61.0 Å². The molecule has 1 fully saturated rings. The standard InChI is InChI=1S/C16H22N4/c1-13(17)3-4-14(2)19-9-11-20(12-10-19)16-7-5-15(18)6-8-16/h3-8H,1-2,9-12,17-18H2/b4-3-. The number of piperazine rings is 1. The minimum absolute atomic E-state index is 0.548. The van der Waals surface area contributed by atoms with Gasteiger partial charge in [0.15, 0.2) is 0 Å². The van der Waals surface area contributed by atoms with Crippen molar-refractivity contribution >= 4 is 11.4 Å². The van der Waals surface area contributed by atoms with E-state index >= 15 is 0 Å². The van der Waals surface area contributed by atoms with Crippen LogP contribution in [0.5, 0.6) is 0 Å². The molecule has 4 N–H and O–H groups in total. The summed E-state index contributed by atoms with van der Waals surface area (Å²) in [5.41, 5.74) is 14.8. The van der Waals surface area contributed by atoms with Gasteiger partial charge >= 0.3 is 0 Å². The quantitative estimate of drug-likeness (QED) is 0.648. The molecule has 0 aliphatic carbocycles. The van der Waals surface area contributed by atoms with E-state index in [-0.39, 0.29) is 0 Å². The number of benzene rings is 1. The molecule has 1 heterocycles. The Kier molecular flexibility index (Phi) is 4.35. The first kappa shape index (κ1) is 14.1. The first-order valence-corrected chi connectivity index (χ1v) is 6.73. The molecule has 0 spiro atoms. The van der Waals surface area contributed by atoms with E-state index in [2.05, 4.69) is 35.1 Å². The lowest BCUT2D eigenvalue weighted by molar-refractivity contribution is 0.331. The number of nitrogens with two attached hydrogens (primary N) is 2. The van der Waals surface area contributed by atoms with Gasteiger partial charge in [0.25, 0.3) is 0 Å². The Morgan fingerprint density at radius 1 is 1.00 bits per heavy atom. The van der Waals surface area contributed by atoms with E-state index in [1.807, 2.05) is 18.2 Å². The van der Waals surface area contributed by atoms with Crippen molar-refractivity contribution in [3.63, 3.8) is 0 Å². The second kappa shape index (κ2) is 6.19. The largest absolute Gasteiger partial charge is 0.399 e. The lowest BCUT2D eigenvalue weighted by atomic mass is 10.2. The van der Waals surface area contributed by atoms with Gasteiger partial charge in [-0.1, -0.05) is 13.2 Å². The van der Waals surface area contributed by atoms with Crippen LogP contribution >= 0.6 is 0 Å². The summed E-state index contributed by atoms with van der Waals surface area (Å²) in [5.74, 6) is 0. The van der Waals surface area contributed by atoms with Crippen LogP contribution in [-0.4, -0.2) is 31.1 Å². The predicted octanol–water partition coefficient (Wildman–Crippen LogP) is 1.93. The molecule has 0 bridgehead atoms. The Bertz CT molecular complexity index is 508. The summed E-state index contributed by atoms with van der Waals surface area (Å²) in [7, 11) is 0. The summed E-state index contributed by atoms with van der Waals surface area (Å²) in [6, 6.07) is 8.02. The molecule has 20 heavy (non-hydrogen) atoms. The van der Waals surface area contributed by atoms with Crippen LogP contribution in [0.3, 0.4) is 0 Å². The highest BCUT2D eigenvalue weighted by Gasteiger charge is 2.17. The third-order valence-corrected chi connectivity index (χ3v) is 3.43. The zero-order chi connectivity index (χ0) is 14.5. The summed E-state index contributed by atoms with van der Waals surface area (Å²) < 4.78 is 0. The van der Waals surface area contributed by atoms with Crippen molar-refractivity contribution in [2.24, 2.45) is 5.73 Å². The molecule has 4 heteroatoms. The van der Waals surface area contributed by atoms with E-state index in [0.717, 1.165) is 37.6 Å². The van der Waals surface area contributed by atoms with E-state index < -0.39 is 0 Å². The molecule has 0 saturated carbocycles. The normalized spacial score (nSPS) is 15.6. The van der Waals surface area contributed by atoms with Gasteiger partial charge in [0.05, 0.1) is 0 Å². The number of anilines is 2. The molecule has 0 atom stereocenters. The maximum Gasteiger partial charge on any atom is 0.0368 e. The fourth-order valence-corrected chi connectivity index (χ4v) is 2.25. The number of nitrogens with zero attached hydrogens (tertiary/aromatic N) is 2. The van der Waals surface area contributed by atoms with Crippen LogP contribution in [0.2, 0.25) is 0 Å². The predicted molar refractivity (Wildman–Crippen MR) is 86.2 cm³/mol. The zero-order valence-electron chi connectivity index (χ0n) is 11.8. The average Bonchev–Trinajstić information content (AvgIpc) is 2.46. The fraction of sp³-hybridized carbons (Fsp3) is 0.250. The Labute approximate surface area is 120 Å². The smallest absolute Gasteiger partial charge is 0.0368 e. The molecule has 2 rings (SSSR count). The highest BCUT2D eigenvalue weighted by Crippen LogP contribution is 2.19. The Morgan fingerprint density at radius 2 is 1.60 bits per heavy atom. The number of nitrogen functional groups attached to an aromatic ring is 1. The van der Waals surface area contributed by atoms with Gasteiger partial charge in [0, 0.05) is 48.9 Å². The van der Waals surface area contributed by atoms with Crippen LogP contribution in [0.1, 0.15) is 0 Å². The zero-order valence-corrected chi connectivity index (χ0v) is 11.8. The third-order valence-electron chi connectivity index (χ3n) is 3.43. The van der Waals surface area contributed by atoms with Crippen molar-refractivity contribution in [2.45, 2.75) is 0 Å². The van der Waals surface area contributed by atoms with Crippen molar-refractivity contribution in [2.75, 3.05) is 36.8 Å². The van der Waals surface area contributed by atoms with Crippen LogP contribution < -0.4 is 16.4 Å². The summed E-state index contributed by atoms with van der Waals surface area (Å²) in [5, 5.41) is 0. The second-order valence-corrected chi connectivity index (χ2v) is 4.97. The van der Waals surface area contributed by atoms with Crippen LogP contribution in [-0.2, 0) is 0 Å². The van der Waals surface area contributed by atoms with Gasteiger partial charge in [-0.15, -0.1) is 0 Å². The van der Waals surface area contributed by atoms with E-state index in [0.29, 0.717) is 5.70 Å². The molecule has 1 aromatic rings. The number of rotatable bonds is 4. The minimum atomic E-state index is 0.548. The SMILES string of the molecule is C=C(N)/C=C\C(=C)N1CCN(c2ccc(N)cc2)CC1. The maximum atomic E-state index is 5.71. The highest BCUT2D eigenvalue weighted by atomic mass is 15.3. The molecule has 106 valence electrons. The summed E-state index contributed by atoms with van der Waals surface area (Å²) in [6.45, 7) is 11.6. The second-order valence-electron chi connectivity index (χ2n) is 4.97. The topological polar surface area (TPSA) is 58.5 Å². The third kappa shape index (κ3) is 3.57. The van der Waals surface area contributed by atoms with E-state index in [1.54, 1.807) is 6.08 Å². The summed E-state index contributed by atoms with van der Waals surface area (Å²) in [4.78, 5) is 4.61. The summed E-state index contributed by atoms with van der Waals surface area (Å²) >= 11 is 0. The minimum Gasteiger partial charge on any atom is -0.399 e. The van der Waals surface area contributed by atoms with Crippen molar-refractivity contribution in [1.29, 1.82) is 0 Å². The maximum absolute atomic E-state index is 5.71. The van der Waals surface area contributed by atoms with Crippen molar-refractivity contribution in [1.82, 2.24) is 4.90 Å². The van der Waals surface area contributed by atoms with Gasteiger partial charge < -0.3 is 21.3 Å². The van der Waals surface area contributed by atoms with Gasteiger partial charge in [-0.2, -0.15) is 0 Å². The van der Waals surface area contributed by atoms with Gasteiger partial charge in [0.2, 0.25) is 0 Å². The van der Waals surface area contributed by atoms with E-state index in [1.165, 1.54) is 5.69 Å². The van der Waals surface area contributed by atoms with Crippen molar-refractivity contribution < 1.29 is 0 Å². The highest BCUT2D eigenvalue weighted by molar-refractivity contribution is 5.53. The molecule has 0 unspecified atom stereocenters. The molecule has 1 aromatic carbocycles. The van der Waals surface area contributed by atoms with Gasteiger partial charge in [-0.3, -0.25) is 0 Å². The molecule has 0 radical (unpaired) electrons. The van der Waals surface area contributed by atoms with E-state index in [4.69, 9.17) is 11.5 Å². The number of allylic oxidation sites excluding steroid dienone is 2. The number of hydrogen-bond donors (Lipinski definition) is 2. The monoisotopic (exact) mass is 270 g/mol. The van der Waals surface area contributed by atoms with Gasteiger partial charge in [0.1, 0.15) is 0 Å². The lowest BCUT2D eigenvalue weighted by Crippen LogP contribution is -2.45. The van der Waals surface area contributed by atoms with Gasteiger partial charge in [-0.05, 0) is 36.4 Å². The van der Waals surface area contributed by atoms with Crippen LogP contribution in [0.4, 0.5) is 11.4 Å². The summed E-state index contributed by atoms with van der Waals surface area (Å²) in [6.07, 6.45) is 3.70. The fourth-order valence-electron chi connectivity index (χ4n) is 2.25. The van der Waals surface area contributed by atoms with E-state index in [9.17, 15) is 0 Å². The molecular weight excluding hydrogens is 248 g/mol. The van der Waals surface area contributed by atoms with Crippen LogP contribution in [0, 0.1) is 0 Å². The Balaban J connectivity index is 1.90. The van der Waals surface area contributed by atoms with Crippen molar-refractivity contribution in [3.8, 4) is 0 Å². The molecule has 0 amide bonds. The van der Waals surface area contributed by atoms with Gasteiger partial charge in [-0.25, -0.2) is 0 Å². The first-order chi connectivity index (χ1) is 9.56. The van der Waals surface area contributed by atoms with Crippen LogP contribution in [0.15, 0.2) is 61.0 Å². The molecular formula is C16H22N4. The Hall–Kier alpha value is -2.36. The Morgan fingerprint density at radius 3 is 2.15 bits per heavy atom. The first-order valence-electron chi connectivity index (χ1n) is 6.73. The number of hydrogen-bond acceptors (Lipinski definition) is 4. The average molecular weight is 270 g/mol.